The lowest BCUT2D eigenvalue weighted by molar-refractivity contribution is -0.384. The Hall–Kier alpha value is -3.22. The smallest absolute Gasteiger partial charge is 0.269 e. The molecule has 0 atom stereocenters. The quantitative estimate of drug-likeness (QED) is 0.388. The number of carbonyl (C=O) groups is 1. The number of nitrogens with two attached hydrogens (primary N) is 1. The molecular weight excluding hydrogens is 284 g/mol. The van der Waals surface area contributed by atoms with Gasteiger partial charge in [0.25, 0.3) is 5.69 Å². The van der Waals surface area contributed by atoms with E-state index >= 15 is 0 Å². The fourth-order valence-electron chi connectivity index (χ4n) is 1.78. The minimum absolute atomic E-state index is 0.0364. The Bertz CT molecular complexity index is 696. The molecule has 7 nitrogen and oxygen atoms in total. The number of amides is 1. The molecule has 112 valence electrons. The maximum atomic E-state index is 11.8. The molecular formula is C15H14N4O3. The molecule has 0 aliphatic rings. The number of hydrogen-bond donors (Lipinski definition) is 2. The van der Waals surface area contributed by atoms with Crippen molar-refractivity contribution in [2.45, 2.75) is 6.42 Å². The Balaban J connectivity index is 1.97. The molecule has 0 radical (unpaired) electrons. The number of benzene rings is 2. The normalized spacial score (nSPS) is 11.0. The Labute approximate surface area is 126 Å². The molecule has 0 aliphatic carbocycles. The summed E-state index contributed by atoms with van der Waals surface area (Å²) in [4.78, 5) is 25.8. The van der Waals surface area contributed by atoms with Crippen molar-refractivity contribution in [3.05, 3.63) is 70.3 Å². The van der Waals surface area contributed by atoms with Gasteiger partial charge in [0, 0.05) is 12.1 Å². The molecule has 2 rings (SSSR count). The van der Waals surface area contributed by atoms with Crippen LogP contribution in [0.15, 0.2) is 59.6 Å². The Morgan fingerprint density at radius 2 is 1.77 bits per heavy atom. The third-order valence-corrected chi connectivity index (χ3v) is 2.79. The van der Waals surface area contributed by atoms with E-state index in [1.807, 2.05) is 30.3 Å². The van der Waals surface area contributed by atoms with Gasteiger partial charge in [-0.1, -0.05) is 30.3 Å². The van der Waals surface area contributed by atoms with Crippen LogP contribution in [0, 0.1) is 10.1 Å². The topological polar surface area (TPSA) is 111 Å². The maximum Gasteiger partial charge on any atom is 0.269 e. The number of nitro benzene ring substituents is 1. The molecule has 0 heterocycles. The number of rotatable bonds is 4. The number of nitrogens with zero attached hydrogens (tertiary/aromatic N) is 2. The highest BCUT2D eigenvalue weighted by Crippen LogP contribution is 2.17. The summed E-state index contributed by atoms with van der Waals surface area (Å²) in [6, 6.07) is 14.8. The highest BCUT2D eigenvalue weighted by Gasteiger charge is 2.06. The van der Waals surface area contributed by atoms with E-state index in [9.17, 15) is 14.9 Å². The van der Waals surface area contributed by atoms with Gasteiger partial charge >= 0.3 is 0 Å². The van der Waals surface area contributed by atoms with Gasteiger partial charge < -0.3 is 5.73 Å². The van der Waals surface area contributed by atoms with Crippen LogP contribution >= 0.6 is 0 Å². The Kier molecular flexibility index (Phi) is 4.81. The average molecular weight is 298 g/mol. The van der Waals surface area contributed by atoms with Crippen LogP contribution in [0.5, 0.6) is 0 Å². The van der Waals surface area contributed by atoms with Crippen LogP contribution in [0.1, 0.15) is 5.56 Å². The van der Waals surface area contributed by atoms with Crippen molar-refractivity contribution in [2.75, 3.05) is 0 Å². The highest BCUT2D eigenvalue weighted by molar-refractivity contribution is 5.97. The molecule has 0 unspecified atom stereocenters. The van der Waals surface area contributed by atoms with E-state index in [1.165, 1.54) is 24.3 Å². The Morgan fingerprint density at radius 1 is 1.14 bits per heavy atom. The number of non-ortho nitro benzene ring substituents is 1. The molecule has 22 heavy (non-hydrogen) atoms. The fraction of sp³-hybridized carbons (Fsp3) is 0.0667. The zero-order chi connectivity index (χ0) is 15.9. The van der Waals surface area contributed by atoms with Crippen molar-refractivity contribution in [1.29, 1.82) is 0 Å². The lowest BCUT2D eigenvalue weighted by Crippen LogP contribution is -2.37. The molecule has 0 aliphatic heterocycles. The lowest BCUT2D eigenvalue weighted by atomic mass is 10.1. The maximum absolute atomic E-state index is 11.8. The van der Waals surface area contributed by atoms with E-state index in [0.717, 1.165) is 5.56 Å². The van der Waals surface area contributed by atoms with Crippen molar-refractivity contribution in [3.8, 4) is 0 Å². The van der Waals surface area contributed by atoms with Gasteiger partial charge in [0.1, 0.15) is 0 Å². The molecule has 1 amide bonds. The van der Waals surface area contributed by atoms with E-state index < -0.39 is 4.92 Å². The number of guanidine groups is 1. The number of aliphatic imine (C=N–C) groups is 1. The van der Waals surface area contributed by atoms with Crippen molar-refractivity contribution in [2.24, 2.45) is 10.7 Å². The second-order valence-electron chi connectivity index (χ2n) is 4.48. The summed E-state index contributed by atoms with van der Waals surface area (Å²) in [5, 5.41) is 13.0. The van der Waals surface area contributed by atoms with Crippen molar-refractivity contribution in [1.82, 2.24) is 5.32 Å². The summed E-state index contributed by atoms with van der Waals surface area (Å²) in [6.45, 7) is 0. The fourth-order valence-corrected chi connectivity index (χ4v) is 1.78. The van der Waals surface area contributed by atoms with Crippen LogP contribution in [0.2, 0.25) is 0 Å². The molecule has 0 saturated heterocycles. The van der Waals surface area contributed by atoms with Gasteiger partial charge in [-0.3, -0.25) is 20.2 Å². The molecule has 2 aromatic rings. The minimum atomic E-state index is -0.502. The first-order valence-electron chi connectivity index (χ1n) is 6.47. The highest BCUT2D eigenvalue weighted by atomic mass is 16.6. The monoisotopic (exact) mass is 298 g/mol. The van der Waals surface area contributed by atoms with Crippen molar-refractivity contribution >= 4 is 23.2 Å². The number of carbonyl (C=O) groups excluding carboxylic acids is 1. The summed E-state index contributed by atoms with van der Waals surface area (Å²) in [5.41, 5.74) is 6.89. The lowest BCUT2D eigenvalue weighted by Gasteiger charge is -2.04. The average Bonchev–Trinajstić information content (AvgIpc) is 2.48. The standard InChI is InChI=1S/C15H14N4O3/c16-15(17-12-6-8-13(9-7-12)19(21)22)18-14(20)10-11-4-2-1-3-5-11/h1-9H,10H2,(H3,16,17,18,20). The van der Waals surface area contributed by atoms with E-state index in [2.05, 4.69) is 10.3 Å². The molecule has 0 aromatic heterocycles. The largest absolute Gasteiger partial charge is 0.369 e. The predicted molar refractivity (Wildman–Crippen MR) is 82.7 cm³/mol. The summed E-state index contributed by atoms with van der Waals surface area (Å²) < 4.78 is 0. The second-order valence-corrected chi connectivity index (χ2v) is 4.48. The molecule has 0 fully saturated rings. The molecule has 0 saturated carbocycles. The first-order chi connectivity index (χ1) is 10.5. The molecule has 0 bridgehead atoms. The van der Waals surface area contributed by atoms with Gasteiger partial charge in [0.2, 0.25) is 11.9 Å². The van der Waals surface area contributed by atoms with Crippen molar-refractivity contribution in [3.63, 3.8) is 0 Å². The van der Waals surface area contributed by atoms with Crippen LogP contribution in [0.25, 0.3) is 0 Å². The van der Waals surface area contributed by atoms with E-state index in [0.29, 0.717) is 5.69 Å². The summed E-state index contributed by atoms with van der Waals surface area (Å²) in [7, 11) is 0. The molecule has 2 aromatic carbocycles. The van der Waals surface area contributed by atoms with Crippen LogP contribution in [0.4, 0.5) is 11.4 Å². The van der Waals surface area contributed by atoms with Gasteiger partial charge in [0.15, 0.2) is 0 Å². The zero-order valence-electron chi connectivity index (χ0n) is 11.6. The van der Waals surface area contributed by atoms with E-state index in [-0.39, 0.29) is 24.0 Å². The third kappa shape index (κ3) is 4.41. The van der Waals surface area contributed by atoms with Crippen LogP contribution in [-0.4, -0.2) is 16.8 Å². The first kappa shape index (κ1) is 15.2. The summed E-state index contributed by atoms with van der Waals surface area (Å²) in [5.74, 6) is -0.343. The minimum Gasteiger partial charge on any atom is -0.369 e. The van der Waals surface area contributed by atoms with Crippen LogP contribution in [0.3, 0.4) is 0 Å². The molecule has 3 N–H and O–H groups in total. The van der Waals surface area contributed by atoms with Gasteiger partial charge in [0.05, 0.1) is 17.0 Å². The van der Waals surface area contributed by atoms with Crippen LogP contribution in [-0.2, 0) is 11.2 Å². The van der Waals surface area contributed by atoms with Gasteiger partial charge in [-0.15, -0.1) is 0 Å². The number of nitrogens with one attached hydrogen (secondary N) is 1. The van der Waals surface area contributed by atoms with Gasteiger partial charge in [-0.05, 0) is 17.7 Å². The second kappa shape index (κ2) is 6.98. The Morgan fingerprint density at radius 3 is 2.36 bits per heavy atom. The molecule has 7 heteroatoms. The van der Waals surface area contributed by atoms with Gasteiger partial charge in [-0.25, -0.2) is 4.99 Å². The SMILES string of the molecule is NC(=Nc1ccc([N+](=O)[O-])cc1)NC(=O)Cc1ccccc1. The predicted octanol–water partition coefficient (Wildman–Crippen LogP) is 1.90. The zero-order valence-corrected chi connectivity index (χ0v) is 11.6. The first-order valence-corrected chi connectivity index (χ1v) is 6.47. The summed E-state index contributed by atoms with van der Waals surface area (Å²) >= 11 is 0. The van der Waals surface area contributed by atoms with Gasteiger partial charge in [-0.2, -0.15) is 0 Å². The summed E-state index contributed by atoms with van der Waals surface area (Å²) in [6.07, 6.45) is 0.192. The number of nitro groups is 1. The van der Waals surface area contributed by atoms with E-state index in [4.69, 9.17) is 5.73 Å². The van der Waals surface area contributed by atoms with E-state index in [1.54, 1.807) is 0 Å². The van der Waals surface area contributed by atoms with Crippen molar-refractivity contribution < 1.29 is 9.72 Å². The third-order valence-electron chi connectivity index (χ3n) is 2.79. The van der Waals surface area contributed by atoms with Crippen LogP contribution < -0.4 is 11.1 Å². The molecule has 0 spiro atoms. The number of hydrogen-bond acceptors (Lipinski definition) is 4.